The van der Waals surface area contributed by atoms with Crippen molar-refractivity contribution in [3.63, 3.8) is 0 Å². The van der Waals surface area contributed by atoms with Crippen molar-refractivity contribution in [1.82, 2.24) is 5.32 Å². The minimum absolute atomic E-state index is 0.394. The van der Waals surface area contributed by atoms with E-state index in [1.54, 1.807) is 0 Å². The molecule has 0 spiro atoms. The van der Waals surface area contributed by atoms with Crippen molar-refractivity contribution in [3.8, 4) is 0 Å². The number of hydrogen-bond donors (Lipinski definition) is 2. The molecule has 0 heterocycles. The van der Waals surface area contributed by atoms with Crippen molar-refractivity contribution in [2.24, 2.45) is 10.7 Å². The summed E-state index contributed by atoms with van der Waals surface area (Å²) in [6.45, 7) is 8.45. The molecule has 0 aliphatic rings. The zero-order valence-corrected chi connectivity index (χ0v) is 9.55. The Bertz CT molecular complexity index is 159. The summed E-state index contributed by atoms with van der Waals surface area (Å²) in [4.78, 5) is 4.19. The lowest BCUT2D eigenvalue weighted by Crippen LogP contribution is -2.38. The predicted octanol–water partition coefficient (Wildman–Crippen LogP) is 1.12. The molecule has 0 amide bonds. The van der Waals surface area contributed by atoms with Gasteiger partial charge < -0.3 is 15.8 Å². The Morgan fingerprint density at radius 2 is 2.21 bits per heavy atom. The fraction of sp³-hybridized carbons (Fsp3) is 0.900. The highest BCUT2D eigenvalue weighted by atomic mass is 16.5. The van der Waals surface area contributed by atoms with E-state index >= 15 is 0 Å². The first kappa shape index (κ1) is 13.2. The van der Waals surface area contributed by atoms with Gasteiger partial charge in [0.25, 0.3) is 0 Å². The summed E-state index contributed by atoms with van der Waals surface area (Å²) in [5, 5.41) is 3.11. The van der Waals surface area contributed by atoms with Crippen LogP contribution in [0.5, 0.6) is 0 Å². The first-order valence-electron chi connectivity index (χ1n) is 5.34. The molecule has 0 aromatic rings. The van der Waals surface area contributed by atoms with Crippen LogP contribution in [0.2, 0.25) is 0 Å². The third kappa shape index (κ3) is 7.86. The highest BCUT2D eigenvalue weighted by molar-refractivity contribution is 5.78. The molecule has 1 unspecified atom stereocenters. The van der Waals surface area contributed by atoms with E-state index < -0.39 is 0 Å². The fourth-order valence-electron chi connectivity index (χ4n) is 0.911. The van der Waals surface area contributed by atoms with Crippen LogP contribution in [0.1, 0.15) is 33.6 Å². The summed E-state index contributed by atoms with van der Waals surface area (Å²) in [6, 6.07) is 0.394. The van der Waals surface area contributed by atoms with Crippen molar-refractivity contribution in [2.45, 2.75) is 39.7 Å². The van der Waals surface area contributed by atoms with Gasteiger partial charge in [0.2, 0.25) is 0 Å². The van der Waals surface area contributed by atoms with Crippen molar-refractivity contribution >= 4 is 5.96 Å². The molecule has 0 aliphatic heterocycles. The molecule has 0 saturated carbocycles. The molecule has 0 radical (unpaired) electrons. The average Bonchev–Trinajstić information content (AvgIpc) is 2.17. The lowest BCUT2D eigenvalue weighted by molar-refractivity contribution is 0.146. The van der Waals surface area contributed by atoms with Crippen LogP contribution in [0.15, 0.2) is 4.99 Å². The van der Waals surface area contributed by atoms with Gasteiger partial charge >= 0.3 is 0 Å². The van der Waals surface area contributed by atoms with Crippen LogP contribution in [0.3, 0.4) is 0 Å². The van der Waals surface area contributed by atoms with Crippen LogP contribution in [0.4, 0.5) is 0 Å². The van der Waals surface area contributed by atoms with Crippen LogP contribution < -0.4 is 11.1 Å². The molecule has 14 heavy (non-hydrogen) atoms. The number of nitrogens with zero attached hydrogens (tertiary/aromatic N) is 1. The molecule has 0 saturated heterocycles. The molecular weight excluding hydrogens is 178 g/mol. The predicted molar refractivity (Wildman–Crippen MR) is 60.5 cm³/mol. The van der Waals surface area contributed by atoms with Gasteiger partial charge in [-0.15, -0.1) is 0 Å². The van der Waals surface area contributed by atoms with E-state index in [0.717, 1.165) is 32.6 Å². The van der Waals surface area contributed by atoms with Crippen LogP contribution in [0.25, 0.3) is 0 Å². The van der Waals surface area contributed by atoms with Crippen molar-refractivity contribution in [1.29, 1.82) is 0 Å². The highest BCUT2D eigenvalue weighted by Gasteiger charge is 1.97. The van der Waals surface area contributed by atoms with Gasteiger partial charge in [-0.1, -0.05) is 6.92 Å². The Balaban J connectivity index is 3.46. The van der Waals surface area contributed by atoms with E-state index in [-0.39, 0.29) is 0 Å². The molecule has 84 valence electrons. The van der Waals surface area contributed by atoms with Crippen molar-refractivity contribution in [2.75, 3.05) is 19.8 Å². The van der Waals surface area contributed by atoms with Crippen molar-refractivity contribution in [3.05, 3.63) is 0 Å². The maximum Gasteiger partial charge on any atom is 0.188 e. The third-order valence-electron chi connectivity index (χ3n) is 1.94. The first-order chi connectivity index (χ1) is 6.70. The van der Waals surface area contributed by atoms with Crippen LogP contribution in [-0.4, -0.2) is 31.8 Å². The molecule has 3 N–H and O–H groups in total. The number of nitrogens with one attached hydrogen (secondary N) is 1. The molecule has 4 heteroatoms. The summed E-state index contributed by atoms with van der Waals surface area (Å²) in [5.74, 6) is 0.538. The summed E-state index contributed by atoms with van der Waals surface area (Å²) < 4.78 is 5.19. The molecular formula is C10H23N3O. The smallest absolute Gasteiger partial charge is 0.188 e. The zero-order chi connectivity index (χ0) is 10.8. The Morgan fingerprint density at radius 1 is 1.50 bits per heavy atom. The van der Waals surface area contributed by atoms with Gasteiger partial charge in [-0.25, -0.2) is 0 Å². The molecule has 0 bridgehead atoms. The van der Waals surface area contributed by atoms with E-state index in [0.29, 0.717) is 12.0 Å². The Kier molecular flexibility index (Phi) is 8.33. The van der Waals surface area contributed by atoms with E-state index in [4.69, 9.17) is 10.5 Å². The monoisotopic (exact) mass is 201 g/mol. The van der Waals surface area contributed by atoms with Crippen molar-refractivity contribution < 1.29 is 4.74 Å². The van der Waals surface area contributed by atoms with Gasteiger partial charge in [0.15, 0.2) is 5.96 Å². The topological polar surface area (TPSA) is 59.6 Å². The summed E-state index contributed by atoms with van der Waals surface area (Å²) in [5.41, 5.74) is 5.66. The second-order valence-electron chi connectivity index (χ2n) is 3.27. The number of ether oxygens (including phenoxy) is 1. The maximum atomic E-state index is 5.66. The van der Waals surface area contributed by atoms with Gasteiger partial charge in [0.05, 0.1) is 0 Å². The average molecular weight is 201 g/mol. The summed E-state index contributed by atoms with van der Waals surface area (Å²) in [7, 11) is 0. The molecule has 0 aromatic heterocycles. The minimum atomic E-state index is 0.394. The maximum absolute atomic E-state index is 5.66. The van der Waals surface area contributed by atoms with E-state index in [1.165, 1.54) is 0 Å². The number of hydrogen-bond acceptors (Lipinski definition) is 2. The van der Waals surface area contributed by atoms with Crippen LogP contribution in [0, 0.1) is 0 Å². The molecule has 0 fully saturated rings. The number of aliphatic imine (C=N–C) groups is 1. The Hall–Kier alpha value is -0.770. The molecule has 4 nitrogen and oxygen atoms in total. The molecule has 0 aliphatic carbocycles. The van der Waals surface area contributed by atoms with Crippen LogP contribution in [-0.2, 0) is 4.74 Å². The molecule has 1 atom stereocenters. The van der Waals surface area contributed by atoms with Gasteiger partial charge in [-0.2, -0.15) is 0 Å². The van der Waals surface area contributed by atoms with Gasteiger partial charge in [-0.3, -0.25) is 4.99 Å². The second kappa shape index (κ2) is 8.81. The lowest BCUT2D eigenvalue weighted by atomic mass is 10.3. The highest BCUT2D eigenvalue weighted by Crippen LogP contribution is 1.87. The zero-order valence-electron chi connectivity index (χ0n) is 9.55. The van der Waals surface area contributed by atoms with Gasteiger partial charge in [0.1, 0.15) is 0 Å². The number of guanidine groups is 1. The van der Waals surface area contributed by atoms with Gasteiger partial charge in [0, 0.05) is 25.8 Å². The lowest BCUT2D eigenvalue weighted by Gasteiger charge is -2.11. The standard InChI is InChI=1S/C10H23N3O/c1-4-9(3)13-10(11)12-7-6-8-14-5-2/h9H,4-8H2,1-3H3,(H3,11,12,13). The molecule has 0 rings (SSSR count). The SMILES string of the molecule is CCOCCCN=C(N)NC(C)CC. The number of rotatable bonds is 7. The third-order valence-corrected chi connectivity index (χ3v) is 1.94. The Labute approximate surface area is 86.9 Å². The van der Waals surface area contributed by atoms with E-state index in [2.05, 4.69) is 24.2 Å². The number of nitrogens with two attached hydrogens (primary N) is 1. The minimum Gasteiger partial charge on any atom is -0.382 e. The fourth-order valence-corrected chi connectivity index (χ4v) is 0.911. The summed E-state index contributed by atoms with van der Waals surface area (Å²) >= 11 is 0. The quantitative estimate of drug-likeness (QED) is 0.368. The van der Waals surface area contributed by atoms with Gasteiger partial charge in [-0.05, 0) is 26.7 Å². The van der Waals surface area contributed by atoms with E-state index in [9.17, 15) is 0 Å². The first-order valence-corrected chi connectivity index (χ1v) is 5.34. The normalized spacial score (nSPS) is 14.1. The Morgan fingerprint density at radius 3 is 2.79 bits per heavy atom. The second-order valence-corrected chi connectivity index (χ2v) is 3.27. The molecule has 0 aromatic carbocycles. The van der Waals surface area contributed by atoms with Crippen LogP contribution >= 0.6 is 0 Å². The summed E-state index contributed by atoms with van der Waals surface area (Å²) in [6.07, 6.45) is 1.98. The van der Waals surface area contributed by atoms with E-state index in [1.807, 2.05) is 6.92 Å². The largest absolute Gasteiger partial charge is 0.382 e.